The number of aliphatic hydroxyl groups excluding tert-OH is 1. The summed E-state index contributed by atoms with van der Waals surface area (Å²) < 4.78 is 54.6. The lowest BCUT2D eigenvalue weighted by molar-refractivity contribution is -0.253. The largest absolute Gasteiger partial charge is 0.461 e. The van der Waals surface area contributed by atoms with Crippen molar-refractivity contribution in [2.75, 3.05) is 0 Å². The van der Waals surface area contributed by atoms with Crippen molar-refractivity contribution in [3.05, 3.63) is 29.8 Å². The highest BCUT2D eigenvalue weighted by Gasteiger charge is 2.44. The molecular weight excluding hydrogens is 326 g/mol. The third kappa shape index (κ3) is 5.00. The molecule has 8 heteroatoms. The van der Waals surface area contributed by atoms with Crippen molar-refractivity contribution in [2.24, 2.45) is 11.1 Å². The molecule has 1 rings (SSSR count). The first-order valence-corrected chi connectivity index (χ1v) is 6.34. The van der Waals surface area contributed by atoms with Gasteiger partial charge in [-0.1, -0.05) is 39.0 Å². The van der Waals surface area contributed by atoms with Gasteiger partial charge in [-0.3, -0.25) is 0 Å². The molecule has 1 aromatic carbocycles. The van der Waals surface area contributed by atoms with Crippen molar-refractivity contribution in [1.82, 2.24) is 0 Å². The van der Waals surface area contributed by atoms with Crippen LogP contribution in [0.5, 0.6) is 5.75 Å². The molecule has 0 bridgehead atoms. The summed E-state index contributed by atoms with van der Waals surface area (Å²) in [7, 11) is 0. The summed E-state index contributed by atoms with van der Waals surface area (Å²) in [6.45, 7) is 5.15. The van der Waals surface area contributed by atoms with E-state index in [0.29, 0.717) is 0 Å². The van der Waals surface area contributed by atoms with Crippen LogP contribution in [0.4, 0.5) is 17.6 Å². The zero-order valence-corrected chi connectivity index (χ0v) is 13.2. The lowest BCUT2D eigenvalue weighted by atomic mass is 9.82. The molecule has 1 aromatic rings. The Hall–Kier alpha value is -1.05. The van der Waals surface area contributed by atoms with E-state index in [1.54, 1.807) is 20.8 Å². The molecule has 22 heavy (non-hydrogen) atoms. The topological polar surface area (TPSA) is 55.5 Å². The van der Waals surface area contributed by atoms with E-state index in [-0.39, 0.29) is 18.0 Å². The van der Waals surface area contributed by atoms with Crippen molar-refractivity contribution < 1.29 is 27.4 Å². The minimum Gasteiger partial charge on any atom is -0.428 e. The Labute approximate surface area is 132 Å². The number of benzene rings is 1. The van der Waals surface area contributed by atoms with Crippen LogP contribution >= 0.6 is 12.4 Å². The second-order valence-corrected chi connectivity index (χ2v) is 5.84. The van der Waals surface area contributed by atoms with Gasteiger partial charge in [-0.25, -0.2) is 0 Å². The van der Waals surface area contributed by atoms with Gasteiger partial charge in [0.15, 0.2) is 0 Å². The van der Waals surface area contributed by atoms with Gasteiger partial charge in [-0.15, -0.1) is 12.4 Å². The summed E-state index contributed by atoms with van der Waals surface area (Å²) in [5.41, 5.74) is 5.29. The Balaban J connectivity index is 0.00000441. The molecule has 0 amide bonds. The van der Waals surface area contributed by atoms with E-state index in [0.717, 1.165) is 6.07 Å². The van der Waals surface area contributed by atoms with E-state index in [9.17, 15) is 22.7 Å². The molecule has 0 aliphatic heterocycles. The number of para-hydroxylation sites is 1. The Kier molecular flexibility index (Phi) is 7.12. The third-order valence-corrected chi connectivity index (χ3v) is 3.01. The quantitative estimate of drug-likeness (QED) is 0.799. The average Bonchev–Trinajstić information content (AvgIpc) is 2.36. The van der Waals surface area contributed by atoms with Crippen molar-refractivity contribution in [1.29, 1.82) is 0 Å². The van der Waals surface area contributed by atoms with Gasteiger partial charge in [0.05, 0.1) is 12.1 Å². The smallest absolute Gasteiger partial charge is 0.428 e. The van der Waals surface area contributed by atoms with Gasteiger partial charge in [0.1, 0.15) is 5.75 Å². The molecule has 0 heterocycles. The molecular formula is C14H20ClF4NO2. The van der Waals surface area contributed by atoms with Crippen LogP contribution in [0.25, 0.3) is 0 Å². The van der Waals surface area contributed by atoms with Gasteiger partial charge in [0.2, 0.25) is 0 Å². The van der Waals surface area contributed by atoms with E-state index >= 15 is 0 Å². The summed E-state index contributed by atoms with van der Waals surface area (Å²) in [5, 5.41) is 10.1. The van der Waals surface area contributed by atoms with Gasteiger partial charge in [-0.05, 0) is 11.5 Å². The lowest BCUT2D eigenvalue weighted by Crippen LogP contribution is -2.38. The highest BCUT2D eigenvalue weighted by Crippen LogP contribution is 2.36. The summed E-state index contributed by atoms with van der Waals surface area (Å²) in [4.78, 5) is 0. The second-order valence-electron chi connectivity index (χ2n) is 5.84. The fourth-order valence-corrected chi connectivity index (χ4v) is 1.75. The first-order valence-electron chi connectivity index (χ1n) is 6.34. The molecule has 0 fully saturated rings. The second kappa shape index (κ2) is 7.48. The van der Waals surface area contributed by atoms with Crippen LogP contribution in [-0.2, 0) is 0 Å². The fraction of sp³-hybridized carbons (Fsp3) is 0.571. The monoisotopic (exact) mass is 345 g/mol. The highest BCUT2D eigenvalue weighted by atomic mass is 35.5. The van der Waals surface area contributed by atoms with E-state index in [4.69, 9.17) is 5.73 Å². The van der Waals surface area contributed by atoms with Crippen LogP contribution in [0.3, 0.4) is 0 Å². The number of hydrogen-bond acceptors (Lipinski definition) is 3. The summed E-state index contributed by atoms with van der Waals surface area (Å²) in [5.74, 6) is -0.474. The maximum absolute atomic E-state index is 13.0. The van der Waals surface area contributed by atoms with Crippen LogP contribution in [0.2, 0.25) is 0 Å². The minimum atomic E-state index is -4.62. The van der Waals surface area contributed by atoms with Gasteiger partial charge in [-0.2, -0.15) is 17.6 Å². The van der Waals surface area contributed by atoms with Crippen LogP contribution < -0.4 is 10.5 Å². The summed E-state index contributed by atoms with van der Waals surface area (Å²) in [6.07, 6.45) is -9.65. The standard InChI is InChI=1S/C14H19F4NO2.ClH/c1-13(2,3)11(20)10(19)8-6-4-5-7-9(8)21-14(17,18)12(15)16;/h4-7,10-12,20H,19H2,1-3H3;1H/t10-,11-;/m0./s1. The van der Waals surface area contributed by atoms with E-state index in [1.165, 1.54) is 18.2 Å². The fourth-order valence-electron chi connectivity index (χ4n) is 1.75. The number of hydrogen-bond donors (Lipinski definition) is 2. The highest BCUT2D eigenvalue weighted by molar-refractivity contribution is 5.85. The summed E-state index contributed by atoms with van der Waals surface area (Å²) >= 11 is 0. The van der Waals surface area contributed by atoms with Crippen LogP contribution in [0.1, 0.15) is 32.4 Å². The predicted molar refractivity (Wildman–Crippen MR) is 77.7 cm³/mol. The molecule has 0 spiro atoms. The van der Waals surface area contributed by atoms with Crippen molar-refractivity contribution in [3.8, 4) is 5.75 Å². The van der Waals surface area contributed by atoms with Gasteiger partial charge < -0.3 is 15.6 Å². The molecule has 0 saturated carbocycles. The van der Waals surface area contributed by atoms with E-state index < -0.39 is 35.8 Å². The zero-order valence-electron chi connectivity index (χ0n) is 12.4. The average molecular weight is 346 g/mol. The molecule has 0 unspecified atom stereocenters. The predicted octanol–water partition coefficient (Wildman–Crippen LogP) is 3.75. The van der Waals surface area contributed by atoms with Crippen molar-refractivity contribution in [3.63, 3.8) is 0 Å². The third-order valence-electron chi connectivity index (χ3n) is 3.01. The Morgan fingerprint density at radius 3 is 2.09 bits per heavy atom. The maximum atomic E-state index is 13.0. The van der Waals surface area contributed by atoms with Gasteiger partial charge in [0.25, 0.3) is 0 Å². The molecule has 3 nitrogen and oxygen atoms in total. The molecule has 3 N–H and O–H groups in total. The Morgan fingerprint density at radius 1 is 1.14 bits per heavy atom. The number of halogens is 5. The van der Waals surface area contributed by atoms with Crippen LogP contribution in [-0.4, -0.2) is 23.7 Å². The van der Waals surface area contributed by atoms with Crippen LogP contribution in [0.15, 0.2) is 24.3 Å². The first-order chi connectivity index (χ1) is 9.47. The van der Waals surface area contributed by atoms with Crippen molar-refractivity contribution in [2.45, 2.75) is 45.5 Å². The molecule has 0 saturated heterocycles. The number of ether oxygens (including phenoxy) is 1. The Morgan fingerprint density at radius 2 is 1.64 bits per heavy atom. The molecule has 0 aliphatic carbocycles. The maximum Gasteiger partial charge on any atom is 0.461 e. The normalized spacial score (nSPS) is 15.2. The zero-order chi connectivity index (χ0) is 16.4. The number of aliphatic hydroxyl groups is 1. The molecule has 0 radical (unpaired) electrons. The van der Waals surface area contributed by atoms with Crippen molar-refractivity contribution >= 4 is 12.4 Å². The van der Waals surface area contributed by atoms with Gasteiger partial charge in [0, 0.05) is 5.56 Å². The minimum absolute atomic E-state index is 0. The van der Waals surface area contributed by atoms with E-state index in [1.807, 2.05) is 0 Å². The van der Waals surface area contributed by atoms with Gasteiger partial charge >= 0.3 is 12.5 Å². The SMILES string of the molecule is CC(C)(C)[C@@H](O)[C@@H](N)c1ccccc1OC(F)(F)C(F)F.Cl. The van der Waals surface area contributed by atoms with E-state index in [2.05, 4.69) is 4.74 Å². The number of nitrogens with two attached hydrogens (primary N) is 1. The molecule has 0 aliphatic rings. The van der Waals surface area contributed by atoms with Crippen LogP contribution in [0, 0.1) is 5.41 Å². The number of rotatable bonds is 5. The number of alkyl halides is 4. The summed E-state index contributed by atoms with van der Waals surface area (Å²) in [6, 6.07) is 4.28. The lowest BCUT2D eigenvalue weighted by Gasteiger charge is -2.32. The Bertz CT molecular complexity index is 480. The molecule has 2 atom stereocenters. The first kappa shape index (κ1) is 20.9. The molecule has 0 aromatic heterocycles. The molecule has 128 valence electrons.